The van der Waals surface area contributed by atoms with E-state index >= 15 is 0 Å². The van der Waals surface area contributed by atoms with E-state index in [1.807, 2.05) is 39.8 Å². The Labute approximate surface area is 211 Å². The number of nitrogens with one attached hydrogen (secondary N) is 1. The molecule has 2 atom stereocenters. The summed E-state index contributed by atoms with van der Waals surface area (Å²) in [7, 11) is 0. The summed E-state index contributed by atoms with van der Waals surface area (Å²) in [6.07, 6.45) is 0.492. The van der Waals surface area contributed by atoms with Crippen LogP contribution < -0.4 is 5.32 Å². The summed E-state index contributed by atoms with van der Waals surface area (Å²) in [5, 5.41) is 24.2. The van der Waals surface area contributed by atoms with Crippen molar-refractivity contribution < 1.29 is 24.6 Å². The number of aliphatic hydroxyl groups is 1. The van der Waals surface area contributed by atoms with Gasteiger partial charge in [0.1, 0.15) is 0 Å². The number of carbonyl (C=O) groups excluding carboxylic acids is 2. The highest BCUT2D eigenvalue weighted by molar-refractivity contribution is 6.30. The molecule has 2 unspecified atom stereocenters. The first kappa shape index (κ1) is 26.7. The number of likely N-dealkylation sites (tertiary alicyclic amines) is 1. The monoisotopic (exact) mass is 500 g/mol. The lowest BCUT2D eigenvalue weighted by Crippen LogP contribution is -2.57. The van der Waals surface area contributed by atoms with Crippen molar-refractivity contribution in [1.29, 1.82) is 0 Å². The highest BCUT2D eigenvalue weighted by atomic mass is 35.5. The van der Waals surface area contributed by atoms with Gasteiger partial charge in [0.15, 0.2) is 0 Å². The number of piperidine rings is 1. The first-order valence-electron chi connectivity index (χ1n) is 11.7. The molecule has 2 aromatic carbocycles. The molecule has 0 saturated carbocycles. The summed E-state index contributed by atoms with van der Waals surface area (Å²) in [6.45, 7) is 8.48. The van der Waals surface area contributed by atoms with Crippen LogP contribution in [-0.2, 0) is 10.4 Å². The van der Waals surface area contributed by atoms with Gasteiger partial charge in [-0.3, -0.25) is 9.59 Å². The van der Waals surface area contributed by atoms with E-state index in [-0.39, 0.29) is 29.4 Å². The van der Waals surface area contributed by atoms with Crippen molar-refractivity contribution in [2.45, 2.75) is 52.2 Å². The minimum Gasteiger partial charge on any atom is -0.478 e. The number of carboxylic acids is 1. The van der Waals surface area contributed by atoms with Gasteiger partial charge < -0.3 is 20.4 Å². The molecule has 0 aromatic heterocycles. The van der Waals surface area contributed by atoms with Crippen LogP contribution in [0.3, 0.4) is 0 Å². The Bertz CT molecular complexity index is 1100. The van der Waals surface area contributed by atoms with Crippen LogP contribution in [0, 0.1) is 11.3 Å². The molecule has 0 bridgehead atoms. The van der Waals surface area contributed by atoms with E-state index in [1.54, 1.807) is 23.1 Å². The molecule has 0 aliphatic carbocycles. The third kappa shape index (κ3) is 5.85. The van der Waals surface area contributed by atoms with Gasteiger partial charge in [-0.25, -0.2) is 4.79 Å². The van der Waals surface area contributed by atoms with Gasteiger partial charge in [0.25, 0.3) is 5.91 Å². The first-order valence-corrected chi connectivity index (χ1v) is 12.1. The van der Waals surface area contributed by atoms with Crippen molar-refractivity contribution in [2.75, 3.05) is 13.1 Å². The number of amides is 2. The van der Waals surface area contributed by atoms with Crippen LogP contribution in [0.5, 0.6) is 0 Å². The maximum absolute atomic E-state index is 13.3. The molecule has 1 aliphatic rings. The predicted molar refractivity (Wildman–Crippen MR) is 134 cm³/mol. The highest BCUT2D eigenvalue weighted by Gasteiger charge is 2.49. The number of rotatable bonds is 7. The Morgan fingerprint density at radius 3 is 2.29 bits per heavy atom. The smallest absolute Gasteiger partial charge is 0.335 e. The average molecular weight is 501 g/mol. The molecule has 1 heterocycles. The fraction of sp³-hybridized carbons (Fsp3) is 0.444. The minimum absolute atomic E-state index is 0.0191. The molecule has 3 N–H and O–H groups in total. The number of benzene rings is 2. The van der Waals surface area contributed by atoms with E-state index in [9.17, 15) is 24.6 Å². The molecule has 0 spiro atoms. The van der Waals surface area contributed by atoms with E-state index in [1.165, 1.54) is 18.2 Å². The van der Waals surface area contributed by atoms with Crippen LogP contribution in [0.1, 0.15) is 66.8 Å². The molecule has 3 rings (SSSR count). The second kappa shape index (κ2) is 10.4. The Balaban J connectivity index is 1.69. The molecule has 2 aromatic rings. The van der Waals surface area contributed by atoms with Gasteiger partial charge in [0, 0.05) is 41.6 Å². The van der Waals surface area contributed by atoms with Gasteiger partial charge >= 0.3 is 5.97 Å². The lowest BCUT2D eigenvalue weighted by molar-refractivity contribution is -0.153. The van der Waals surface area contributed by atoms with Crippen molar-refractivity contribution in [3.05, 3.63) is 70.2 Å². The number of carbonyl (C=O) groups is 3. The summed E-state index contributed by atoms with van der Waals surface area (Å²) in [6, 6.07) is 12.5. The van der Waals surface area contributed by atoms with Gasteiger partial charge in [-0.05, 0) is 48.2 Å². The van der Waals surface area contributed by atoms with Gasteiger partial charge in [-0.1, -0.05) is 57.5 Å². The van der Waals surface area contributed by atoms with Crippen LogP contribution >= 0.6 is 11.6 Å². The second-order valence-corrected chi connectivity index (χ2v) is 10.7. The Morgan fingerprint density at radius 1 is 1.09 bits per heavy atom. The van der Waals surface area contributed by atoms with Gasteiger partial charge in [0.05, 0.1) is 11.2 Å². The van der Waals surface area contributed by atoms with Crippen LogP contribution in [0.25, 0.3) is 0 Å². The zero-order valence-electron chi connectivity index (χ0n) is 20.5. The number of halogens is 1. The topological polar surface area (TPSA) is 107 Å². The van der Waals surface area contributed by atoms with E-state index in [0.29, 0.717) is 24.5 Å². The summed E-state index contributed by atoms with van der Waals surface area (Å²) >= 11 is 6.01. The lowest BCUT2D eigenvalue weighted by Gasteiger charge is -2.50. The minimum atomic E-state index is -1.11. The van der Waals surface area contributed by atoms with Crippen LogP contribution in [-0.4, -0.2) is 52.0 Å². The first-order chi connectivity index (χ1) is 16.3. The van der Waals surface area contributed by atoms with E-state index in [4.69, 9.17) is 11.6 Å². The Hall–Kier alpha value is -2.90. The summed E-state index contributed by atoms with van der Waals surface area (Å²) in [4.78, 5) is 39.0. The molecule has 35 heavy (non-hydrogen) atoms. The van der Waals surface area contributed by atoms with Crippen molar-refractivity contribution in [3.63, 3.8) is 0 Å². The highest BCUT2D eigenvalue weighted by Crippen LogP contribution is 2.46. The maximum Gasteiger partial charge on any atom is 0.335 e. The normalized spacial score (nSPS) is 20.4. The van der Waals surface area contributed by atoms with Crippen molar-refractivity contribution in [3.8, 4) is 0 Å². The molecule has 1 aliphatic heterocycles. The van der Waals surface area contributed by atoms with Crippen molar-refractivity contribution >= 4 is 29.4 Å². The standard InChI is InChI=1S/C27H33ClN2O5/c1-17(2)22(29-24(32)18-6-5-7-19(14-18)25(33)34)15-23(31)30-13-12-27(35,26(3,4)16-30)20-8-10-21(28)11-9-20/h5-11,14,17,22,35H,12-13,15-16H2,1-4H3,(H,29,32)(H,33,34). The Kier molecular flexibility index (Phi) is 7.92. The van der Waals surface area contributed by atoms with Gasteiger partial charge in [-0.2, -0.15) is 0 Å². The molecule has 8 heteroatoms. The fourth-order valence-corrected chi connectivity index (χ4v) is 4.74. The SMILES string of the molecule is CC(C)C(CC(=O)N1CCC(O)(c2ccc(Cl)cc2)C(C)(C)C1)NC(=O)c1cccc(C(=O)O)c1. The van der Waals surface area contributed by atoms with E-state index in [2.05, 4.69) is 5.32 Å². The third-order valence-electron chi connectivity index (χ3n) is 7.01. The predicted octanol–water partition coefficient (Wildman–Crippen LogP) is 4.33. The number of hydrogen-bond acceptors (Lipinski definition) is 4. The third-order valence-corrected chi connectivity index (χ3v) is 7.26. The number of carboxylic acid groups (broad SMARTS) is 1. The fourth-order valence-electron chi connectivity index (χ4n) is 4.61. The van der Waals surface area contributed by atoms with E-state index in [0.717, 1.165) is 5.56 Å². The van der Waals surface area contributed by atoms with Gasteiger partial charge in [-0.15, -0.1) is 0 Å². The quantitative estimate of drug-likeness (QED) is 0.524. The summed E-state index contributed by atoms with van der Waals surface area (Å²) < 4.78 is 0. The molecular formula is C27H33ClN2O5. The molecule has 2 amide bonds. The maximum atomic E-state index is 13.3. The van der Waals surface area contributed by atoms with Crippen LogP contribution in [0.15, 0.2) is 48.5 Å². The molecule has 1 saturated heterocycles. The van der Waals surface area contributed by atoms with Crippen molar-refractivity contribution in [1.82, 2.24) is 10.2 Å². The largest absolute Gasteiger partial charge is 0.478 e. The molecule has 7 nitrogen and oxygen atoms in total. The number of hydrogen-bond donors (Lipinski definition) is 3. The zero-order chi connectivity index (χ0) is 26.0. The van der Waals surface area contributed by atoms with E-state index < -0.39 is 28.9 Å². The Morgan fingerprint density at radius 2 is 1.71 bits per heavy atom. The van der Waals surface area contributed by atoms with Crippen molar-refractivity contribution in [2.24, 2.45) is 11.3 Å². The molecule has 1 fully saturated rings. The summed E-state index contributed by atoms with van der Waals surface area (Å²) in [5.41, 5.74) is -0.679. The molecule has 188 valence electrons. The van der Waals surface area contributed by atoms with Crippen LogP contribution in [0.4, 0.5) is 0 Å². The second-order valence-electron chi connectivity index (χ2n) is 10.2. The lowest BCUT2D eigenvalue weighted by atomic mass is 9.66. The number of nitrogens with zero attached hydrogens (tertiary/aromatic N) is 1. The average Bonchev–Trinajstić information content (AvgIpc) is 2.80. The van der Waals surface area contributed by atoms with Gasteiger partial charge in [0.2, 0.25) is 5.91 Å². The van der Waals surface area contributed by atoms with Crippen LogP contribution in [0.2, 0.25) is 5.02 Å². The molecular weight excluding hydrogens is 468 g/mol. The number of aromatic carboxylic acids is 1. The summed E-state index contributed by atoms with van der Waals surface area (Å²) in [5.74, 6) is -1.65. The molecule has 0 radical (unpaired) electrons. The zero-order valence-corrected chi connectivity index (χ0v) is 21.3.